The zero-order chi connectivity index (χ0) is 23.3. The van der Waals surface area contributed by atoms with E-state index in [4.69, 9.17) is 4.74 Å². The van der Waals surface area contributed by atoms with Crippen LogP contribution < -0.4 is 10.6 Å². The summed E-state index contributed by atoms with van der Waals surface area (Å²) < 4.78 is 19.6. The Morgan fingerprint density at radius 3 is 2.50 bits per heavy atom. The van der Waals surface area contributed by atoms with Crippen molar-refractivity contribution < 1.29 is 18.7 Å². The topological polar surface area (TPSA) is 91.2 Å². The van der Waals surface area contributed by atoms with Crippen LogP contribution in [0.1, 0.15) is 24.0 Å². The van der Waals surface area contributed by atoms with Gasteiger partial charge in [-0.3, -0.25) is 4.79 Å². The maximum absolute atomic E-state index is 14.7. The average Bonchev–Trinajstić information content (AvgIpc) is 2.78. The summed E-state index contributed by atoms with van der Waals surface area (Å²) in [6.45, 7) is 3.61. The Bertz CT molecular complexity index is 1150. The first-order valence-corrected chi connectivity index (χ1v) is 10.8. The number of nitriles is 1. The molecule has 32 heavy (non-hydrogen) atoms. The number of allylic oxidation sites excluding steroid dienone is 2. The summed E-state index contributed by atoms with van der Waals surface area (Å²) in [4.78, 5) is 24.9. The van der Waals surface area contributed by atoms with E-state index in [1.165, 1.54) is 25.3 Å². The highest BCUT2D eigenvalue weighted by Crippen LogP contribution is 2.41. The summed E-state index contributed by atoms with van der Waals surface area (Å²) in [7, 11) is 1.23. The van der Waals surface area contributed by atoms with Gasteiger partial charge in [0.05, 0.1) is 41.0 Å². The van der Waals surface area contributed by atoms with Crippen molar-refractivity contribution in [2.75, 3.05) is 18.2 Å². The molecule has 0 unspecified atom stereocenters. The first-order chi connectivity index (χ1) is 15.3. The van der Waals surface area contributed by atoms with E-state index in [2.05, 4.69) is 16.7 Å². The fraction of sp³-hybridized carbons (Fsp3) is 0.208. The fourth-order valence-electron chi connectivity index (χ4n) is 3.40. The van der Waals surface area contributed by atoms with Crippen LogP contribution in [-0.4, -0.2) is 24.7 Å². The minimum atomic E-state index is -0.947. The number of thioether (sulfide) groups is 1. The van der Waals surface area contributed by atoms with Gasteiger partial charge in [-0.1, -0.05) is 47.7 Å². The van der Waals surface area contributed by atoms with Crippen LogP contribution >= 0.6 is 11.8 Å². The van der Waals surface area contributed by atoms with E-state index in [9.17, 15) is 19.2 Å². The number of nitrogens with one attached hydrogen (secondary N) is 2. The highest BCUT2D eigenvalue weighted by atomic mass is 32.2. The Balaban J connectivity index is 1.90. The molecule has 0 radical (unpaired) electrons. The number of esters is 1. The number of hydrogen-bond acceptors (Lipinski definition) is 6. The number of amides is 1. The summed E-state index contributed by atoms with van der Waals surface area (Å²) >= 11 is 1.12. The number of halogens is 1. The molecular formula is C24H22FN3O3S. The SMILES string of the molecule is COC(=O)C1=C(C)NC(SCC(=O)Nc2ccc(C)cc2)=C(C#N)[C@@H]1c1ccccc1F. The molecule has 3 rings (SSSR count). The molecule has 1 amide bonds. The maximum Gasteiger partial charge on any atom is 0.336 e. The van der Waals surface area contributed by atoms with E-state index in [0.29, 0.717) is 16.4 Å². The van der Waals surface area contributed by atoms with Crippen LogP contribution in [-0.2, 0) is 14.3 Å². The molecule has 0 fully saturated rings. The van der Waals surface area contributed by atoms with Crippen molar-refractivity contribution >= 4 is 29.3 Å². The van der Waals surface area contributed by atoms with Crippen molar-refractivity contribution in [3.05, 3.63) is 87.3 Å². The minimum Gasteiger partial charge on any atom is -0.466 e. The number of dihydropyridines is 1. The highest BCUT2D eigenvalue weighted by molar-refractivity contribution is 8.03. The van der Waals surface area contributed by atoms with Crippen LogP contribution in [0.4, 0.5) is 10.1 Å². The Morgan fingerprint density at radius 2 is 1.88 bits per heavy atom. The molecule has 0 spiro atoms. The molecule has 1 heterocycles. The van der Waals surface area contributed by atoms with Gasteiger partial charge in [-0.2, -0.15) is 5.26 Å². The largest absolute Gasteiger partial charge is 0.466 e. The standard InChI is InChI=1S/C24H22FN3O3S/c1-14-8-10-16(11-9-14)28-20(29)13-32-23-18(12-26)22(17-6-4-5-7-19(17)25)21(15(2)27-23)24(30)31-3/h4-11,22,27H,13H2,1-3H3,(H,28,29)/t22-/m0/s1. The lowest BCUT2D eigenvalue weighted by molar-refractivity contribution is -0.136. The van der Waals surface area contributed by atoms with Crippen LogP contribution in [0.2, 0.25) is 0 Å². The first kappa shape index (κ1) is 23.1. The van der Waals surface area contributed by atoms with Gasteiger partial charge < -0.3 is 15.4 Å². The quantitative estimate of drug-likeness (QED) is 0.634. The van der Waals surface area contributed by atoms with E-state index < -0.39 is 17.7 Å². The normalized spacial score (nSPS) is 15.7. The molecule has 0 bridgehead atoms. The van der Waals surface area contributed by atoms with Gasteiger partial charge in [0.25, 0.3) is 0 Å². The lowest BCUT2D eigenvalue weighted by Gasteiger charge is -2.29. The number of hydrogen-bond donors (Lipinski definition) is 2. The fourth-order valence-corrected chi connectivity index (χ4v) is 4.29. The zero-order valence-corrected chi connectivity index (χ0v) is 18.7. The van der Waals surface area contributed by atoms with Gasteiger partial charge in [0, 0.05) is 16.9 Å². The van der Waals surface area contributed by atoms with Crippen molar-refractivity contribution in [1.82, 2.24) is 5.32 Å². The third kappa shape index (κ3) is 5.01. The molecule has 6 nitrogen and oxygen atoms in total. The minimum absolute atomic E-state index is 0.0201. The third-order valence-corrected chi connectivity index (χ3v) is 5.97. The molecule has 0 saturated heterocycles. The number of methoxy groups -OCH3 is 1. The van der Waals surface area contributed by atoms with Gasteiger partial charge in [0.1, 0.15) is 5.82 Å². The van der Waals surface area contributed by atoms with Crippen molar-refractivity contribution in [1.29, 1.82) is 5.26 Å². The molecule has 0 aliphatic carbocycles. The second kappa shape index (κ2) is 10.2. The van der Waals surface area contributed by atoms with Crippen molar-refractivity contribution in [3.8, 4) is 6.07 Å². The number of rotatable bonds is 6. The average molecular weight is 452 g/mol. The van der Waals surface area contributed by atoms with Gasteiger partial charge in [-0.25, -0.2) is 9.18 Å². The van der Waals surface area contributed by atoms with E-state index in [-0.39, 0.29) is 28.4 Å². The van der Waals surface area contributed by atoms with Gasteiger partial charge >= 0.3 is 5.97 Å². The predicted octanol–water partition coefficient (Wildman–Crippen LogP) is 4.38. The molecule has 2 aromatic rings. The number of carbonyl (C=O) groups is 2. The summed E-state index contributed by atoms with van der Waals surface area (Å²) in [6, 6.07) is 15.5. The van der Waals surface area contributed by atoms with E-state index >= 15 is 0 Å². The lowest BCUT2D eigenvalue weighted by atomic mass is 9.82. The number of aryl methyl sites for hydroxylation is 1. The Morgan fingerprint density at radius 1 is 1.19 bits per heavy atom. The number of anilines is 1. The Kier molecular flexibility index (Phi) is 7.33. The number of carbonyl (C=O) groups excluding carboxylic acids is 2. The van der Waals surface area contributed by atoms with Crippen LogP contribution in [0.3, 0.4) is 0 Å². The van der Waals surface area contributed by atoms with Gasteiger partial charge in [0.2, 0.25) is 5.91 Å². The molecule has 2 aromatic carbocycles. The summed E-state index contributed by atoms with van der Waals surface area (Å²) in [5, 5.41) is 16.1. The van der Waals surface area contributed by atoms with Crippen LogP contribution in [0, 0.1) is 24.1 Å². The van der Waals surface area contributed by atoms with Gasteiger partial charge in [-0.05, 0) is 32.0 Å². The molecule has 1 aliphatic heterocycles. The van der Waals surface area contributed by atoms with Gasteiger partial charge in [0.15, 0.2) is 0 Å². The third-order valence-electron chi connectivity index (χ3n) is 4.95. The second-order valence-electron chi connectivity index (χ2n) is 7.17. The van der Waals surface area contributed by atoms with Crippen LogP contribution in [0.15, 0.2) is 70.4 Å². The molecule has 0 aromatic heterocycles. The molecule has 8 heteroatoms. The number of benzene rings is 2. The summed E-state index contributed by atoms with van der Waals surface area (Å²) in [6.07, 6.45) is 0. The summed E-state index contributed by atoms with van der Waals surface area (Å²) in [5.74, 6) is -2.38. The van der Waals surface area contributed by atoms with Crippen molar-refractivity contribution in [2.24, 2.45) is 0 Å². The van der Waals surface area contributed by atoms with E-state index in [1.54, 1.807) is 25.1 Å². The van der Waals surface area contributed by atoms with Crippen LogP contribution in [0.5, 0.6) is 0 Å². The lowest BCUT2D eigenvalue weighted by Crippen LogP contribution is -2.29. The molecule has 0 saturated carbocycles. The van der Waals surface area contributed by atoms with E-state index in [0.717, 1.165) is 17.3 Å². The monoisotopic (exact) mass is 451 g/mol. The Hall–Kier alpha value is -3.57. The summed E-state index contributed by atoms with van der Waals surface area (Å²) in [5.41, 5.74) is 2.67. The smallest absolute Gasteiger partial charge is 0.336 e. The predicted molar refractivity (Wildman–Crippen MR) is 122 cm³/mol. The van der Waals surface area contributed by atoms with Crippen LogP contribution in [0.25, 0.3) is 0 Å². The van der Waals surface area contributed by atoms with Crippen molar-refractivity contribution in [3.63, 3.8) is 0 Å². The number of nitrogens with zero attached hydrogens (tertiary/aromatic N) is 1. The molecule has 1 aliphatic rings. The molecule has 2 N–H and O–H groups in total. The maximum atomic E-state index is 14.7. The second-order valence-corrected chi connectivity index (χ2v) is 8.15. The van der Waals surface area contributed by atoms with Gasteiger partial charge in [-0.15, -0.1) is 0 Å². The molecule has 164 valence electrons. The zero-order valence-electron chi connectivity index (χ0n) is 17.9. The molecule has 1 atom stereocenters. The number of ether oxygens (including phenoxy) is 1. The van der Waals surface area contributed by atoms with E-state index in [1.807, 2.05) is 19.1 Å². The highest BCUT2D eigenvalue weighted by Gasteiger charge is 2.36. The first-order valence-electron chi connectivity index (χ1n) is 9.79. The molecular weight excluding hydrogens is 429 g/mol. The Labute approximate surface area is 190 Å². The van der Waals surface area contributed by atoms with Crippen molar-refractivity contribution in [2.45, 2.75) is 19.8 Å².